The van der Waals surface area contributed by atoms with Crippen molar-refractivity contribution in [2.24, 2.45) is 11.1 Å². The lowest BCUT2D eigenvalue weighted by Crippen LogP contribution is -2.43. The van der Waals surface area contributed by atoms with Gasteiger partial charge in [-0.25, -0.2) is 0 Å². The summed E-state index contributed by atoms with van der Waals surface area (Å²) >= 11 is 0. The van der Waals surface area contributed by atoms with E-state index >= 15 is 0 Å². The van der Waals surface area contributed by atoms with Crippen molar-refractivity contribution >= 4 is 11.8 Å². The molecule has 1 atom stereocenters. The molecule has 3 aromatic rings. The lowest BCUT2D eigenvalue weighted by molar-refractivity contribution is -0.133. The van der Waals surface area contributed by atoms with Crippen molar-refractivity contribution in [1.29, 1.82) is 0 Å². The van der Waals surface area contributed by atoms with E-state index in [1.54, 1.807) is 29.4 Å². The number of hydrogen-bond donors (Lipinski definition) is 1. The molecule has 1 fully saturated rings. The second-order valence-electron chi connectivity index (χ2n) is 7.89. The van der Waals surface area contributed by atoms with E-state index in [1.165, 1.54) is 0 Å². The average Bonchev–Trinajstić information content (AvgIpc) is 3.25. The summed E-state index contributed by atoms with van der Waals surface area (Å²) in [5.41, 5.74) is 8.10. The number of likely N-dealkylation sites (tertiary alicyclic amines) is 1. The van der Waals surface area contributed by atoms with E-state index in [-0.39, 0.29) is 18.4 Å². The molecule has 1 saturated heterocycles. The summed E-state index contributed by atoms with van der Waals surface area (Å²) < 4.78 is 5.59. The van der Waals surface area contributed by atoms with Gasteiger partial charge in [-0.15, -0.1) is 0 Å². The molecular formula is C25H25N3O3. The number of carbonyl (C=O) groups excluding carboxylic acids is 2. The minimum Gasteiger partial charge on any atom is -0.484 e. The smallest absolute Gasteiger partial charge is 0.260 e. The van der Waals surface area contributed by atoms with Gasteiger partial charge >= 0.3 is 0 Å². The van der Waals surface area contributed by atoms with E-state index in [0.717, 1.165) is 16.7 Å². The van der Waals surface area contributed by atoms with Crippen LogP contribution in [0.5, 0.6) is 5.75 Å². The third-order valence-electron chi connectivity index (χ3n) is 5.85. The van der Waals surface area contributed by atoms with Gasteiger partial charge in [0.2, 0.25) is 5.91 Å². The fraction of sp³-hybridized carbons (Fsp3) is 0.240. The molecule has 31 heavy (non-hydrogen) atoms. The van der Waals surface area contributed by atoms with E-state index in [1.807, 2.05) is 54.6 Å². The van der Waals surface area contributed by atoms with Crippen LogP contribution in [-0.4, -0.2) is 41.4 Å². The van der Waals surface area contributed by atoms with Crippen molar-refractivity contribution in [3.05, 3.63) is 84.7 Å². The van der Waals surface area contributed by atoms with Gasteiger partial charge in [0.1, 0.15) is 5.75 Å². The Labute approximate surface area is 181 Å². The lowest BCUT2D eigenvalue weighted by Gasteiger charge is -2.27. The molecule has 1 aliphatic heterocycles. The van der Waals surface area contributed by atoms with Crippen LogP contribution in [0.4, 0.5) is 0 Å². The van der Waals surface area contributed by atoms with Gasteiger partial charge in [0, 0.05) is 31.0 Å². The van der Waals surface area contributed by atoms with Crippen LogP contribution < -0.4 is 10.5 Å². The van der Waals surface area contributed by atoms with Crippen molar-refractivity contribution in [1.82, 2.24) is 9.88 Å². The minimum atomic E-state index is -0.805. The molecule has 0 radical (unpaired) electrons. The summed E-state index contributed by atoms with van der Waals surface area (Å²) in [5.74, 6) is 0.113. The SMILES string of the molecule is NC(=O)C1(Cc2ccccc2-c2cccnc2)CCN(C(=O)COc2ccccc2)C1. The van der Waals surface area contributed by atoms with Crippen LogP contribution in [0.2, 0.25) is 0 Å². The number of nitrogens with zero attached hydrogens (tertiary/aromatic N) is 2. The molecule has 0 aliphatic carbocycles. The first-order chi connectivity index (χ1) is 15.1. The highest BCUT2D eigenvalue weighted by Crippen LogP contribution is 2.37. The highest BCUT2D eigenvalue weighted by molar-refractivity contribution is 5.85. The third kappa shape index (κ3) is 4.58. The Hall–Kier alpha value is -3.67. The number of benzene rings is 2. The average molecular weight is 415 g/mol. The largest absolute Gasteiger partial charge is 0.484 e. The number of pyridine rings is 1. The quantitative estimate of drug-likeness (QED) is 0.643. The van der Waals surface area contributed by atoms with Gasteiger partial charge in [0.15, 0.2) is 6.61 Å². The summed E-state index contributed by atoms with van der Waals surface area (Å²) in [6, 6.07) is 21.0. The molecule has 2 aromatic carbocycles. The van der Waals surface area contributed by atoms with Crippen LogP contribution in [0.25, 0.3) is 11.1 Å². The van der Waals surface area contributed by atoms with Gasteiger partial charge in [0.05, 0.1) is 5.41 Å². The Kier molecular flexibility index (Phi) is 5.98. The van der Waals surface area contributed by atoms with Crippen LogP contribution >= 0.6 is 0 Å². The van der Waals surface area contributed by atoms with Crippen molar-refractivity contribution < 1.29 is 14.3 Å². The monoisotopic (exact) mass is 415 g/mol. The zero-order valence-electron chi connectivity index (χ0n) is 17.2. The van der Waals surface area contributed by atoms with E-state index in [9.17, 15) is 9.59 Å². The second kappa shape index (κ2) is 9.00. The van der Waals surface area contributed by atoms with Gasteiger partial charge < -0.3 is 15.4 Å². The fourth-order valence-corrected chi connectivity index (χ4v) is 4.11. The molecule has 6 heteroatoms. The molecule has 0 spiro atoms. The highest BCUT2D eigenvalue weighted by Gasteiger charge is 2.45. The van der Waals surface area contributed by atoms with Crippen LogP contribution in [0, 0.1) is 5.41 Å². The first-order valence-corrected chi connectivity index (χ1v) is 10.3. The Bertz CT molecular complexity index is 1060. The number of amides is 2. The minimum absolute atomic E-state index is 0.0644. The van der Waals surface area contributed by atoms with Crippen LogP contribution in [-0.2, 0) is 16.0 Å². The fourth-order valence-electron chi connectivity index (χ4n) is 4.11. The Balaban J connectivity index is 1.50. The molecule has 4 rings (SSSR count). The van der Waals surface area contributed by atoms with Gasteiger partial charge in [0.25, 0.3) is 5.91 Å². The first kappa shape index (κ1) is 20.6. The third-order valence-corrected chi connectivity index (χ3v) is 5.85. The standard InChI is InChI=1S/C25H25N3O3/c26-24(30)25(15-19-7-4-5-11-22(19)20-8-6-13-27-16-20)12-14-28(18-25)23(29)17-31-21-9-2-1-3-10-21/h1-11,13,16H,12,14-15,17-18H2,(H2,26,30). The predicted molar refractivity (Wildman–Crippen MR) is 118 cm³/mol. The maximum absolute atomic E-state index is 12.7. The van der Waals surface area contributed by atoms with Gasteiger partial charge in [-0.2, -0.15) is 0 Å². The number of para-hydroxylation sites is 1. The first-order valence-electron chi connectivity index (χ1n) is 10.3. The summed E-state index contributed by atoms with van der Waals surface area (Å²) in [6.45, 7) is 0.709. The molecule has 2 heterocycles. The predicted octanol–water partition coefficient (Wildman–Crippen LogP) is 3.07. The van der Waals surface area contributed by atoms with E-state index in [4.69, 9.17) is 10.5 Å². The topological polar surface area (TPSA) is 85.5 Å². The number of primary amides is 1. The van der Waals surface area contributed by atoms with Crippen LogP contribution in [0.3, 0.4) is 0 Å². The number of hydrogen-bond acceptors (Lipinski definition) is 4. The number of aromatic nitrogens is 1. The number of ether oxygens (including phenoxy) is 1. The number of carbonyl (C=O) groups is 2. The molecule has 6 nitrogen and oxygen atoms in total. The second-order valence-corrected chi connectivity index (χ2v) is 7.89. The van der Waals surface area contributed by atoms with E-state index in [0.29, 0.717) is 31.7 Å². The Morgan fingerprint density at radius 1 is 1.03 bits per heavy atom. The molecule has 2 amide bonds. The molecule has 1 unspecified atom stereocenters. The van der Waals surface area contributed by atoms with Crippen LogP contribution in [0.15, 0.2) is 79.1 Å². The summed E-state index contributed by atoms with van der Waals surface area (Å²) in [4.78, 5) is 31.2. The van der Waals surface area contributed by atoms with Gasteiger partial charge in [-0.3, -0.25) is 14.6 Å². The summed E-state index contributed by atoms with van der Waals surface area (Å²) in [5, 5.41) is 0. The Morgan fingerprint density at radius 2 is 1.81 bits per heavy atom. The van der Waals surface area contributed by atoms with Gasteiger partial charge in [-0.05, 0) is 42.2 Å². The van der Waals surface area contributed by atoms with E-state index < -0.39 is 5.41 Å². The maximum atomic E-state index is 12.7. The number of rotatable bonds is 7. The molecule has 1 aliphatic rings. The lowest BCUT2D eigenvalue weighted by atomic mass is 9.78. The molecule has 2 N–H and O–H groups in total. The normalized spacial score (nSPS) is 18.0. The highest BCUT2D eigenvalue weighted by atomic mass is 16.5. The summed E-state index contributed by atoms with van der Waals surface area (Å²) in [7, 11) is 0. The van der Waals surface area contributed by atoms with Crippen LogP contribution in [0.1, 0.15) is 12.0 Å². The maximum Gasteiger partial charge on any atom is 0.260 e. The molecule has 1 aromatic heterocycles. The Morgan fingerprint density at radius 3 is 2.55 bits per heavy atom. The summed E-state index contributed by atoms with van der Waals surface area (Å²) in [6.07, 6.45) is 4.54. The van der Waals surface area contributed by atoms with Gasteiger partial charge in [-0.1, -0.05) is 48.5 Å². The number of nitrogens with two attached hydrogens (primary N) is 1. The van der Waals surface area contributed by atoms with E-state index in [2.05, 4.69) is 4.98 Å². The van der Waals surface area contributed by atoms with Crippen molar-refractivity contribution in [3.63, 3.8) is 0 Å². The van der Waals surface area contributed by atoms with Crippen molar-refractivity contribution in [3.8, 4) is 16.9 Å². The molecule has 0 saturated carbocycles. The molecular weight excluding hydrogens is 390 g/mol. The zero-order chi connectivity index (χ0) is 21.7. The van der Waals surface area contributed by atoms with Crippen molar-refractivity contribution in [2.45, 2.75) is 12.8 Å². The van der Waals surface area contributed by atoms with Crippen molar-refractivity contribution in [2.75, 3.05) is 19.7 Å². The zero-order valence-corrected chi connectivity index (χ0v) is 17.2. The molecule has 0 bridgehead atoms. The molecule has 158 valence electrons.